The highest BCUT2D eigenvalue weighted by Crippen LogP contribution is 2.27. The Kier molecular flexibility index (Phi) is 6.56. The van der Waals surface area contributed by atoms with Gasteiger partial charge in [0.05, 0.1) is 0 Å². The predicted molar refractivity (Wildman–Crippen MR) is 92.9 cm³/mol. The van der Waals surface area contributed by atoms with Gasteiger partial charge >= 0.3 is 0 Å². The number of rotatable bonds is 7. The molecule has 1 aliphatic rings. The molecule has 1 aromatic carbocycles. The van der Waals surface area contributed by atoms with Crippen molar-refractivity contribution >= 4 is 5.69 Å². The largest absolute Gasteiger partial charge is 0.369 e. The Morgan fingerprint density at radius 1 is 1.10 bits per heavy atom. The van der Waals surface area contributed by atoms with Crippen molar-refractivity contribution in [2.45, 2.75) is 65.5 Å². The summed E-state index contributed by atoms with van der Waals surface area (Å²) in [6.45, 7) is 9.97. The van der Waals surface area contributed by atoms with Crippen molar-refractivity contribution in [1.29, 1.82) is 0 Å². The fourth-order valence-corrected chi connectivity index (χ4v) is 3.35. The average molecular weight is 288 g/mol. The van der Waals surface area contributed by atoms with E-state index in [0.29, 0.717) is 5.92 Å². The SMILES string of the molecule is CCN(c1ccc(CNCC(C)C)cc1)C1CCCCC1. The van der Waals surface area contributed by atoms with E-state index in [2.05, 4.69) is 55.3 Å². The molecule has 1 aromatic rings. The van der Waals surface area contributed by atoms with Gasteiger partial charge in [-0.2, -0.15) is 0 Å². The van der Waals surface area contributed by atoms with E-state index >= 15 is 0 Å². The fraction of sp³-hybridized carbons (Fsp3) is 0.684. The second-order valence-electron chi connectivity index (χ2n) is 6.77. The van der Waals surface area contributed by atoms with Crippen LogP contribution in [0.4, 0.5) is 5.69 Å². The van der Waals surface area contributed by atoms with Crippen LogP contribution in [-0.2, 0) is 6.54 Å². The van der Waals surface area contributed by atoms with Crippen molar-refractivity contribution in [1.82, 2.24) is 5.32 Å². The molecular formula is C19H32N2. The van der Waals surface area contributed by atoms with Gasteiger partial charge in [0.1, 0.15) is 0 Å². The van der Waals surface area contributed by atoms with Crippen LogP contribution < -0.4 is 10.2 Å². The van der Waals surface area contributed by atoms with Crippen molar-refractivity contribution < 1.29 is 0 Å². The van der Waals surface area contributed by atoms with Gasteiger partial charge in [-0.15, -0.1) is 0 Å². The molecule has 0 bridgehead atoms. The van der Waals surface area contributed by atoms with Gasteiger partial charge in [-0.1, -0.05) is 45.2 Å². The summed E-state index contributed by atoms with van der Waals surface area (Å²) < 4.78 is 0. The molecule has 0 aliphatic heterocycles. The van der Waals surface area contributed by atoms with Crippen molar-refractivity contribution in [2.24, 2.45) is 5.92 Å². The summed E-state index contributed by atoms with van der Waals surface area (Å²) in [5.74, 6) is 0.714. The smallest absolute Gasteiger partial charge is 0.0368 e. The predicted octanol–water partition coefficient (Wildman–Crippen LogP) is 4.59. The minimum Gasteiger partial charge on any atom is -0.369 e. The lowest BCUT2D eigenvalue weighted by Gasteiger charge is -2.35. The summed E-state index contributed by atoms with van der Waals surface area (Å²) in [7, 11) is 0. The molecule has 0 spiro atoms. The van der Waals surface area contributed by atoms with Crippen LogP contribution in [0.1, 0.15) is 58.4 Å². The molecule has 0 saturated heterocycles. The zero-order valence-corrected chi connectivity index (χ0v) is 14.1. The summed E-state index contributed by atoms with van der Waals surface area (Å²) in [5.41, 5.74) is 2.79. The molecule has 0 unspecified atom stereocenters. The van der Waals surface area contributed by atoms with Gasteiger partial charge in [-0.3, -0.25) is 0 Å². The molecule has 2 rings (SSSR count). The lowest BCUT2D eigenvalue weighted by Crippen LogP contribution is -2.36. The van der Waals surface area contributed by atoms with Crippen LogP contribution in [0.15, 0.2) is 24.3 Å². The zero-order valence-electron chi connectivity index (χ0n) is 14.1. The Balaban J connectivity index is 1.92. The Morgan fingerprint density at radius 3 is 2.33 bits per heavy atom. The summed E-state index contributed by atoms with van der Waals surface area (Å²) in [6, 6.07) is 9.95. The first-order chi connectivity index (χ1) is 10.2. The molecule has 1 saturated carbocycles. The number of benzene rings is 1. The first-order valence-corrected chi connectivity index (χ1v) is 8.77. The van der Waals surface area contributed by atoms with Gasteiger partial charge in [0.2, 0.25) is 0 Å². The van der Waals surface area contributed by atoms with Crippen LogP contribution in [0.25, 0.3) is 0 Å². The minimum absolute atomic E-state index is 0.714. The van der Waals surface area contributed by atoms with Crippen molar-refractivity contribution in [2.75, 3.05) is 18.0 Å². The molecule has 0 amide bonds. The van der Waals surface area contributed by atoms with Crippen LogP contribution in [-0.4, -0.2) is 19.1 Å². The van der Waals surface area contributed by atoms with E-state index < -0.39 is 0 Å². The minimum atomic E-state index is 0.714. The van der Waals surface area contributed by atoms with Crippen LogP contribution in [0.5, 0.6) is 0 Å². The molecule has 2 nitrogen and oxygen atoms in total. The van der Waals surface area contributed by atoms with Crippen LogP contribution in [0.2, 0.25) is 0 Å². The Bertz CT molecular complexity index is 391. The normalized spacial score (nSPS) is 16.4. The molecule has 118 valence electrons. The van der Waals surface area contributed by atoms with E-state index in [0.717, 1.165) is 25.7 Å². The van der Waals surface area contributed by atoms with Gasteiger partial charge in [0, 0.05) is 24.8 Å². The highest BCUT2D eigenvalue weighted by atomic mass is 15.2. The van der Waals surface area contributed by atoms with Crippen LogP contribution in [0, 0.1) is 5.92 Å². The highest BCUT2D eigenvalue weighted by Gasteiger charge is 2.19. The molecule has 0 radical (unpaired) electrons. The summed E-state index contributed by atoms with van der Waals surface area (Å²) >= 11 is 0. The topological polar surface area (TPSA) is 15.3 Å². The molecule has 21 heavy (non-hydrogen) atoms. The van der Waals surface area contributed by atoms with Crippen molar-refractivity contribution in [3.63, 3.8) is 0 Å². The maximum absolute atomic E-state index is 3.51. The number of nitrogens with one attached hydrogen (secondary N) is 1. The monoisotopic (exact) mass is 288 g/mol. The Morgan fingerprint density at radius 2 is 1.76 bits per heavy atom. The Hall–Kier alpha value is -1.02. The van der Waals surface area contributed by atoms with E-state index in [-0.39, 0.29) is 0 Å². The molecular weight excluding hydrogens is 256 g/mol. The van der Waals surface area contributed by atoms with E-state index in [1.807, 2.05) is 0 Å². The third-order valence-electron chi connectivity index (χ3n) is 4.51. The molecule has 0 aromatic heterocycles. The second kappa shape index (κ2) is 8.43. The molecule has 1 fully saturated rings. The number of nitrogens with zero attached hydrogens (tertiary/aromatic N) is 1. The second-order valence-corrected chi connectivity index (χ2v) is 6.77. The molecule has 2 heteroatoms. The van der Waals surface area contributed by atoms with Gasteiger partial charge in [-0.25, -0.2) is 0 Å². The van der Waals surface area contributed by atoms with Crippen molar-refractivity contribution in [3.05, 3.63) is 29.8 Å². The Labute approximate surface area is 130 Å². The van der Waals surface area contributed by atoms with E-state index in [4.69, 9.17) is 0 Å². The number of anilines is 1. The third kappa shape index (κ3) is 5.03. The maximum atomic E-state index is 3.51. The zero-order chi connectivity index (χ0) is 15.1. The third-order valence-corrected chi connectivity index (χ3v) is 4.51. The summed E-state index contributed by atoms with van der Waals surface area (Å²) in [4.78, 5) is 2.60. The standard InChI is InChI=1S/C19H32N2/c1-4-21(18-8-6-5-7-9-18)19-12-10-17(11-13-19)15-20-14-16(2)3/h10-13,16,18,20H,4-9,14-15H2,1-3H3. The number of hydrogen-bond acceptors (Lipinski definition) is 2. The number of hydrogen-bond donors (Lipinski definition) is 1. The van der Waals surface area contributed by atoms with Crippen LogP contribution >= 0.6 is 0 Å². The molecule has 1 N–H and O–H groups in total. The van der Waals surface area contributed by atoms with Gasteiger partial charge < -0.3 is 10.2 Å². The molecule has 0 heterocycles. The first-order valence-electron chi connectivity index (χ1n) is 8.77. The summed E-state index contributed by atoms with van der Waals surface area (Å²) in [5, 5.41) is 3.51. The fourth-order valence-electron chi connectivity index (χ4n) is 3.35. The first kappa shape index (κ1) is 16.4. The quantitative estimate of drug-likeness (QED) is 0.789. The lowest BCUT2D eigenvalue weighted by atomic mass is 9.93. The van der Waals surface area contributed by atoms with E-state index in [9.17, 15) is 0 Å². The maximum Gasteiger partial charge on any atom is 0.0368 e. The van der Waals surface area contributed by atoms with E-state index in [1.165, 1.54) is 43.4 Å². The van der Waals surface area contributed by atoms with Crippen LogP contribution in [0.3, 0.4) is 0 Å². The van der Waals surface area contributed by atoms with Crippen molar-refractivity contribution in [3.8, 4) is 0 Å². The van der Waals surface area contributed by atoms with E-state index in [1.54, 1.807) is 0 Å². The average Bonchev–Trinajstić information content (AvgIpc) is 2.50. The summed E-state index contributed by atoms with van der Waals surface area (Å²) in [6.07, 6.45) is 6.96. The van der Waals surface area contributed by atoms with Gasteiger partial charge in [0.15, 0.2) is 0 Å². The van der Waals surface area contributed by atoms with Gasteiger partial charge in [-0.05, 0) is 49.9 Å². The lowest BCUT2D eigenvalue weighted by molar-refractivity contribution is 0.418. The molecule has 0 atom stereocenters. The van der Waals surface area contributed by atoms with Gasteiger partial charge in [0.25, 0.3) is 0 Å². The molecule has 1 aliphatic carbocycles. The highest BCUT2D eigenvalue weighted by molar-refractivity contribution is 5.48.